The van der Waals surface area contributed by atoms with Crippen LogP contribution in [0.2, 0.25) is 0 Å². The Morgan fingerprint density at radius 3 is 2.27 bits per heavy atom. The molecule has 0 unspecified atom stereocenters. The molecule has 1 rings (SSSR count). The Kier molecular flexibility index (Phi) is 2.33. The summed E-state index contributed by atoms with van der Waals surface area (Å²) >= 11 is 0. The lowest BCUT2D eigenvalue weighted by molar-refractivity contribution is 0.861. The van der Waals surface area contributed by atoms with Gasteiger partial charge in [-0.15, -0.1) is 0 Å². The van der Waals surface area contributed by atoms with Crippen LogP contribution in [-0.4, -0.2) is 0 Å². The molecular formula is C11H15. The second-order valence-corrected chi connectivity index (χ2v) is 3.45. The molecule has 11 heavy (non-hydrogen) atoms. The first kappa shape index (κ1) is 8.32. The van der Waals surface area contributed by atoms with Gasteiger partial charge in [-0.2, -0.15) is 0 Å². The summed E-state index contributed by atoms with van der Waals surface area (Å²) in [6, 6.07) is 7.71. The van der Waals surface area contributed by atoms with Crippen LogP contribution in [0.1, 0.15) is 36.5 Å². The summed E-state index contributed by atoms with van der Waals surface area (Å²) in [6.07, 6.45) is 0. The molecule has 1 radical (unpaired) electrons. The molecule has 0 heteroatoms. The summed E-state index contributed by atoms with van der Waals surface area (Å²) in [4.78, 5) is 0. The molecule has 0 aromatic heterocycles. The van der Waals surface area contributed by atoms with E-state index in [1.807, 2.05) is 0 Å². The van der Waals surface area contributed by atoms with E-state index >= 15 is 0 Å². The zero-order valence-electron chi connectivity index (χ0n) is 7.73. The highest BCUT2D eigenvalue weighted by Crippen LogP contribution is 2.16. The van der Waals surface area contributed by atoms with Gasteiger partial charge in [-0.25, -0.2) is 0 Å². The zero-order chi connectivity index (χ0) is 8.43. The maximum atomic E-state index is 3.35. The van der Waals surface area contributed by atoms with Gasteiger partial charge in [0, 0.05) is 0 Å². The van der Waals surface area contributed by atoms with Crippen molar-refractivity contribution in [3.8, 4) is 0 Å². The van der Waals surface area contributed by atoms with E-state index in [2.05, 4.69) is 45.9 Å². The fraction of sp³-hybridized carbons (Fsp3) is 0.455. The monoisotopic (exact) mass is 147 g/mol. The molecule has 0 bridgehead atoms. The molecule has 0 aliphatic heterocycles. The molecule has 0 N–H and O–H groups in total. The van der Waals surface area contributed by atoms with Crippen molar-refractivity contribution < 1.29 is 0 Å². The maximum absolute atomic E-state index is 3.35. The molecule has 1 aromatic rings. The lowest BCUT2D eigenvalue weighted by Gasteiger charge is -2.06. The molecule has 0 amide bonds. The second kappa shape index (κ2) is 3.08. The van der Waals surface area contributed by atoms with Gasteiger partial charge < -0.3 is 0 Å². The highest BCUT2D eigenvalue weighted by atomic mass is 14.0. The molecule has 0 nitrogen and oxygen atoms in total. The molecule has 0 saturated carbocycles. The van der Waals surface area contributed by atoms with E-state index in [0.29, 0.717) is 5.92 Å². The van der Waals surface area contributed by atoms with Crippen molar-refractivity contribution in [2.45, 2.75) is 33.6 Å². The summed E-state index contributed by atoms with van der Waals surface area (Å²) in [5, 5.41) is 0. The van der Waals surface area contributed by atoms with Crippen molar-refractivity contribution in [1.82, 2.24) is 0 Å². The molecular weight excluding hydrogens is 132 g/mol. The standard InChI is InChI=1S/C11H15/c1-8(2)11-6-9(3)5-10(4)7-11/h5-6,8H,1-4H3. The van der Waals surface area contributed by atoms with Crippen LogP contribution >= 0.6 is 0 Å². The van der Waals surface area contributed by atoms with Crippen molar-refractivity contribution in [2.24, 2.45) is 0 Å². The van der Waals surface area contributed by atoms with E-state index in [0.717, 1.165) is 0 Å². The van der Waals surface area contributed by atoms with E-state index in [-0.39, 0.29) is 0 Å². The molecule has 0 fully saturated rings. The van der Waals surface area contributed by atoms with Gasteiger partial charge in [-0.05, 0) is 37.0 Å². The highest BCUT2D eigenvalue weighted by Gasteiger charge is 1.99. The molecule has 1 aromatic carbocycles. The average Bonchev–Trinajstić information content (AvgIpc) is 1.85. The minimum Gasteiger partial charge on any atom is -0.0587 e. The topological polar surface area (TPSA) is 0 Å². The molecule has 0 spiro atoms. The number of benzene rings is 1. The minimum atomic E-state index is 0.591. The predicted octanol–water partition coefficient (Wildman–Crippen LogP) is 3.23. The molecule has 0 heterocycles. The normalized spacial score (nSPS) is 10.6. The Labute approximate surface area is 69.3 Å². The second-order valence-electron chi connectivity index (χ2n) is 3.45. The van der Waals surface area contributed by atoms with E-state index in [9.17, 15) is 0 Å². The van der Waals surface area contributed by atoms with Crippen molar-refractivity contribution in [2.75, 3.05) is 0 Å². The smallest absolute Gasteiger partial charge is 0.0114 e. The number of aryl methyl sites for hydroxylation is 2. The number of rotatable bonds is 1. The largest absolute Gasteiger partial charge is 0.0587 e. The first-order chi connectivity index (χ1) is 5.09. The van der Waals surface area contributed by atoms with Gasteiger partial charge in [-0.3, -0.25) is 0 Å². The summed E-state index contributed by atoms with van der Waals surface area (Å²) in [5.74, 6) is 0.591. The fourth-order valence-electron chi connectivity index (χ4n) is 1.24. The average molecular weight is 147 g/mol. The summed E-state index contributed by atoms with van der Waals surface area (Å²) < 4.78 is 0. The van der Waals surface area contributed by atoms with Gasteiger partial charge in [0.05, 0.1) is 0 Å². The zero-order valence-corrected chi connectivity index (χ0v) is 7.73. The van der Waals surface area contributed by atoms with Crippen LogP contribution in [0.25, 0.3) is 0 Å². The number of hydrogen-bond acceptors (Lipinski definition) is 0. The summed E-state index contributed by atoms with van der Waals surface area (Å²) in [6.45, 7) is 8.63. The van der Waals surface area contributed by atoms with E-state index in [4.69, 9.17) is 0 Å². The van der Waals surface area contributed by atoms with Crippen LogP contribution < -0.4 is 0 Å². The van der Waals surface area contributed by atoms with Crippen LogP contribution in [0.3, 0.4) is 0 Å². The SMILES string of the molecule is Cc1[c]c(C(C)C)cc(C)c1. The van der Waals surface area contributed by atoms with E-state index in [1.165, 1.54) is 16.7 Å². The van der Waals surface area contributed by atoms with Crippen LogP contribution in [0, 0.1) is 19.9 Å². The minimum absolute atomic E-state index is 0.591. The third-order valence-corrected chi connectivity index (χ3v) is 1.79. The van der Waals surface area contributed by atoms with Gasteiger partial charge in [0.15, 0.2) is 0 Å². The van der Waals surface area contributed by atoms with Crippen molar-refractivity contribution in [3.05, 3.63) is 34.9 Å². The fourth-order valence-corrected chi connectivity index (χ4v) is 1.24. The first-order valence-corrected chi connectivity index (χ1v) is 4.10. The Morgan fingerprint density at radius 2 is 1.82 bits per heavy atom. The molecule has 59 valence electrons. The van der Waals surface area contributed by atoms with E-state index < -0.39 is 0 Å². The van der Waals surface area contributed by atoms with Gasteiger partial charge >= 0.3 is 0 Å². The van der Waals surface area contributed by atoms with Gasteiger partial charge in [0.2, 0.25) is 0 Å². The van der Waals surface area contributed by atoms with Crippen LogP contribution in [0.5, 0.6) is 0 Å². The van der Waals surface area contributed by atoms with Crippen LogP contribution in [0.4, 0.5) is 0 Å². The lowest BCUT2D eigenvalue weighted by Crippen LogP contribution is -1.89. The van der Waals surface area contributed by atoms with Crippen molar-refractivity contribution >= 4 is 0 Å². The van der Waals surface area contributed by atoms with Gasteiger partial charge in [0.1, 0.15) is 0 Å². The number of hydrogen-bond donors (Lipinski definition) is 0. The van der Waals surface area contributed by atoms with Crippen molar-refractivity contribution in [3.63, 3.8) is 0 Å². The quantitative estimate of drug-likeness (QED) is 0.572. The first-order valence-electron chi connectivity index (χ1n) is 4.10. The maximum Gasteiger partial charge on any atom is -0.0114 e. The molecule has 0 saturated heterocycles. The van der Waals surface area contributed by atoms with Gasteiger partial charge in [0.25, 0.3) is 0 Å². The van der Waals surface area contributed by atoms with Crippen LogP contribution in [-0.2, 0) is 0 Å². The Hall–Kier alpha value is -0.780. The third kappa shape index (κ3) is 2.07. The van der Waals surface area contributed by atoms with Crippen molar-refractivity contribution in [1.29, 1.82) is 0 Å². The highest BCUT2D eigenvalue weighted by molar-refractivity contribution is 5.28. The Bertz CT molecular complexity index is 226. The lowest BCUT2D eigenvalue weighted by atomic mass is 9.99. The third-order valence-electron chi connectivity index (χ3n) is 1.79. The van der Waals surface area contributed by atoms with E-state index in [1.54, 1.807) is 0 Å². The Balaban J connectivity index is 3.08. The Morgan fingerprint density at radius 1 is 1.18 bits per heavy atom. The molecule has 0 atom stereocenters. The predicted molar refractivity (Wildman–Crippen MR) is 48.8 cm³/mol. The molecule has 0 aliphatic carbocycles. The molecule has 0 aliphatic rings. The van der Waals surface area contributed by atoms with Gasteiger partial charge in [-0.1, -0.05) is 31.5 Å². The summed E-state index contributed by atoms with van der Waals surface area (Å²) in [5.41, 5.74) is 3.90. The van der Waals surface area contributed by atoms with Crippen LogP contribution in [0.15, 0.2) is 12.1 Å². The summed E-state index contributed by atoms with van der Waals surface area (Å²) in [7, 11) is 0.